The van der Waals surface area contributed by atoms with Gasteiger partial charge in [-0.05, 0) is 17.7 Å². The molecule has 7 heteroatoms. The van der Waals surface area contributed by atoms with Gasteiger partial charge in [0, 0.05) is 12.8 Å². The lowest BCUT2D eigenvalue weighted by Crippen LogP contribution is -2.42. The van der Waals surface area contributed by atoms with Crippen LogP contribution in [0.25, 0.3) is 0 Å². The van der Waals surface area contributed by atoms with E-state index >= 15 is 0 Å². The summed E-state index contributed by atoms with van der Waals surface area (Å²) >= 11 is 0. The zero-order chi connectivity index (χ0) is 14.0. The number of hydrogen-bond donors (Lipinski definition) is 0. The van der Waals surface area contributed by atoms with E-state index in [-0.39, 0.29) is 18.0 Å². The number of morpholine rings is 1. The average molecular weight is 283 g/mol. The van der Waals surface area contributed by atoms with Crippen molar-refractivity contribution < 1.29 is 22.7 Å². The second-order valence-corrected chi connectivity index (χ2v) is 6.42. The van der Waals surface area contributed by atoms with Gasteiger partial charge in [0.2, 0.25) is 0 Å². The summed E-state index contributed by atoms with van der Waals surface area (Å²) in [5.41, 5.74) is 0.829. The highest BCUT2D eigenvalue weighted by molar-refractivity contribution is 7.90. The van der Waals surface area contributed by atoms with Gasteiger partial charge in [-0.3, -0.25) is 14.5 Å². The minimum absolute atomic E-state index is 0.0551. The van der Waals surface area contributed by atoms with Crippen molar-refractivity contribution in [2.45, 2.75) is 11.4 Å². The lowest BCUT2D eigenvalue weighted by molar-refractivity contribution is -0.167. The van der Waals surface area contributed by atoms with Crippen LogP contribution in [0, 0.1) is 0 Å². The fourth-order valence-corrected chi connectivity index (χ4v) is 2.46. The molecule has 0 spiro atoms. The molecule has 1 saturated heterocycles. The topological polar surface area (TPSA) is 80.8 Å². The number of ether oxygens (including phenoxy) is 1. The zero-order valence-corrected chi connectivity index (χ0v) is 11.1. The van der Waals surface area contributed by atoms with Crippen molar-refractivity contribution in [2.75, 3.05) is 19.3 Å². The highest BCUT2D eigenvalue weighted by Crippen LogP contribution is 2.13. The minimum atomic E-state index is -3.21. The third-order valence-electron chi connectivity index (χ3n) is 2.69. The molecular formula is C12H13NO5S. The Balaban J connectivity index is 2.07. The number of carbonyl (C=O) groups is 2. The molecule has 0 atom stereocenters. The number of benzene rings is 1. The molecule has 1 aromatic carbocycles. The SMILES string of the molecule is CS(=O)(=O)c1ccc(CN2CC(=O)OC(=O)C2)cc1. The Morgan fingerprint density at radius 2 is 1.63 bits per heavy atom. The molecule has 19 heavy (non-hydrogen) atoms. The zero-order valence-electron chi connectivity index (χ0n) is 10.3. The highest BCUT2D eigenvalue weighted by Gasteiger charge is 2.24. The molecule has 1 aliphatic rings. The molecule has 0 bridgehead atoms. The van der Waals surface area contributed by atoms with Gasteiger partial charge in [0.25, 0.3) is 0 Å². The summed E-state index contributed by atoms with van der Waals surface area (Å²) < 4.78 is 27.0. The van der Waals surface area contributed by atoms with E-state index in [2.05, 4.69) is 4.74 Å². The summed E-state index contributed by atoms with van der Waals surface area (Å²) in [5, 5.41) is 0. The number of cyclic esters (lactones) is 2. The first-order chi connectivity index (χ1) is 8.84. The van der Waals surface area contributed by atoms with Crippen LogP contribution in [-0.2, 0) is 30.7 Å². The monoisotopic (exact) mass is 283 g/mol. The van der Waals surface area contributed by atoms with Gasteiger partial charge in [0.15, 0.2) is 9.84 Å². The van der Waals surface area contributed by atoms with E-state index in [1.54, 1.807) is 17.0 Å². The minimum Gasteiger partial charge on any atom is -0.391 e. The van der Waals surface area contributed by atoms with Crippen molar-refractivity contribution >= 4 is 21.8 Å². The number of nitrogens with zero attached hydrogens (tertiary/aromatic N) is 1. The van der Waals surface area contributed by atoms with E-state index in [1.165, 1.54) is 12.1 Å². The Kier molecular flexibility index (Phi) is 3.68. The van der Waals surface area contributed by atoms with Crippen molar-refractivity contribution in [3.8, 4) is 0 Å². The Morgan fingerprint density at radius 1 is 1.11 bits per heavy atom. The lowest BCUT2D eigenvalue weighted by atomic mass is 10.2. The predicted octanol–water partition coefficient (Wildman–Crippen LogP) is -0.0245. The van der Waals surface area contributed by atoms with Crippen LogP contribution in [0.1, 0.15) is 5.56 Å². The van der Waals surface area contributed by atoms with Crippen LogP contribution in [0.2, 0.25) is 0 Å². The smallest absolute Gasteiger partial charge is 0.327 e. The number of rotatable bonds is 3. The molecule has 2 rings (SSSR count). The van der Waals surface area contributed by atoms with Crippen molar-refractivity contribution in [3.05, 3.63) is 29.8 Å². The fourth-order valence-electron chi connectivity index (χ4n) is 1.82. The van der Waals surface area contributed by atoms with Crippen LogP contribution in [0.4, 0.5) is 0 Å². The number of esters is 2. The molecular weight excluding hydrogens is 270 g/mol. The number of sulfone groups is 1. The van der Waals surface area contributed by atoms with Crippen LogP contribution in [0.15, 0.2) is 29.2 Å². The van der Waals surface area contributed by atoms with E-state index in [9.17, 15) is 18.0 Å². The molecule has 0 radical (unpaired) electrons. The van der Waals surface area contributed by atoms with E-state index in [4.69, 9.17) is 0 Å². The maximum Gasteiger partial charge on any atom is 0.327 e. The lowest BCUT2D eigenvalue weighted by Gasteiger charge is -2.24. The van der Waals surface area contributed by atoms with E-state index in [0.29, 0.717) is 6.54 Å². The first kappa shape index (κ1) is 13.7. The van der Waals surface area contributed by atoms with Gasteiger partial charge in [-0.25, -0.2) is 8.42 Å². The molecule has 0 N–H and O–H groups in total. The Labute approximate surface area is 110 Å². The van der Waals surface area contributed by atoms with Crippen LogP contribution < -0.4 is 0 Å². The second kappa shape index (κ2) is 5.10. The Bertz CT molecular complexity index is 590. The average Bonchev–Trinajstić information content (AvgIpc) is 2.26. The van der Waals surface area contributed by atoms with Gasteiger partial charge in [-0.1, -0.05) is 12.1 Å². The summed E-state index contributed by atoms with van der Waals surface area (Å²) in [7, 11) is -3.21. The van der Waals surface area contributed by atoms with E-state index in [0.717, 1.165) is 11.8 Å². The molecule has 0 unspecified atom stereocenters. The third kappa shape index (κ3) is 3.62. The van der Waals surface area contributed by atoms with E-state index < -0.39 is 21.8 Å². The molecule has 0 aliphatic carbocycles. The van der Waals surface area contributed by atoms with Gasteiger partial charge < -0.3 is 4.74 Å². The maximum atomic E-state index is 11.3. The molecule has 6 nitrogen and oxygen atoms in total. The summed E-state index contributed by atoms with van der Waals surface area (Å²) in [6, 6.07) is 6.35. The molecule has 1 aromatic rings. The molecule has 0 aromatic heterocycles. The Hall–Kier alpha value is -1.73. The van der Waals surface area contributed by atoms with Gasteiger partial charge >= 0.3 is 11.9 Å². The normalized spacial score (nSPS) is 17.3. The standard InChI is InChI=1S/C12H13NO5S/c1-19(16,17)10-4-2-9(3-5-10)6-13-7-11(14)18-12(15)8-13/h2-5H,6-8H2,1H3. The second-order valence-electron chi connectivity index (χ2n) is 4.41. The van der Waals surface area contributed by atoms with Crippen LogP contribution in [0.5, 0.6) is 0 Å². The van der Waals surface area contributed by atoms with Gasteiger partial charge in [-0.15, -0.1) is 0 Å². The molecule has 0 saturated carbocycles. The maximum absolute atomic E-state index is 11.3. The molecule has 1 aliphatic heterocycles. The van der Waals surface area contributed by atoms with Crippen molar-refractivity contribution in [3.63, 3.8) is 0 Å². The van der Waals surface area contributed by atoms with E-state index in [1.807, 2.05) is 0 Å². The summed E-state index contributed by atoms with van der Waals surface area (Å²) in [5.74, 6) is -1.13. The summed E-state index contributed by atoms with van der Waals surface area (Å²) in [4.78, 5) is 24.1. The quantitative estimate of drug-likeness (QED) is 0.572. The van der Waals surface area contributed by atoms with Crippen LogP contribution in [-0.4, -0.2) is 44.6 Å². The van der Waals surface area contributed by atoms with Crippen molar-refractivity contribution in [1.82, 2.24) is 4.90 Å². The molecule has 0 amide bonds. The summed E-state index contributed by atoms with van der Waals surface area (Å²) in [6.07, 6.45) is 1.14. The molecule has 102 valence electrons. The molecule has 1 fully saturated rings. The predicted molar refractivity (Wildman–Crippen MR) is 65.9 cm³/mol. The molecule has 1 heterocycles. The van der Waals surface area contributed by atoms with Crippen LogP contribution in [0.3, 0.4) is 0 Å². The number of hydrogen-bond acceptors (Lipinski definition) is 6. The van der Waals surface area contributed by atoms with Crippen molar-refractivity contribution in [2.24, 2.45) is 0 Å². The first-order valence-electron chi connectivity index (χ1n) is 5.59. The summed E-state index contributed by atoms with van der Waals surface area (Å²) in [6.45, 7) is 0.504. The fraction of sp³-hybridized carbons (Fsp3) is 0.333. The number of carbonyl (C=O) groups excluding carboxylic acids is 2. The largest absolute Gasteiger partial charge is 0.391 e. The Morgan fingerprint density at radius 3 is 2.11 bits per heavy atom. The van der Waals surface area contributed by atoms with Crippen LogP contribution >= 0.6 is 0 Å². The first-order valence-corrected chi connectivity index (χ1v) is 7.48. The van der Waals surface area contributed by atoms with Gasteiger partial charge in [0.1, 0.15) is 0 Å². The van der Waals surface area contributed by atoms with Gasteiger partial charge in [-0.2, -0.15) is 0 Å². The van der Waals surface area contributed by atoms with Gasteiger partial charge in [0.05, 0.1) is 18.0 Å². The van der Waals surface area contributed by atoms with Crippen molar-refractivity contribution in [1.29, 1.82) is 0 Å². The third-order valence-corrected chi connectivity index (χ3v) is 3.82. The highest BCUT2D eigenvalue weighted by atomic mass is 32.2.